The molecule has 8 heteroatoms. The van der Waals surface area contributed by atoms with Gasteiger partial charge in [0.2, 0.25) is 10.0 Å². The summed E-state index contributed by atoms with van der Waals surface area (Å²) in [7, 11) is -3.47. The van der Waals surface area contributed by atoms with Crippen molar-refractivity contribution < 1.29 is 8.42 Å². The minimum Gasteiger partial charge on any atom is -0.368 e. The molecule has 4 rings (SSSR count). The van der Waals surface area contributed by atoms with Crippen LogP contribution in [-0.4, -0.2) is 50.3 Å². The smallest absolute Gasteiger partial charge is 0.243 e. The molecule has 6 nitrogen and oxygen atoms in total. The summed E-state index contributed by atoms with van der Waals surface area (Å²) in [6, 6.07) is 17.5. The number of nitrogens with one attached hydrogen (secondary N) is 2. The number of hydrogen-bond acceptors (Lipinski definition) is 5. The SMILES string of the molecule is CCc1ccc(S(=O)(=O)N2CCC3(CC2)NCCN=C3NCc2ccccc2)cc1.Cl. The maximum Gasteiger partial charge on any atom is 0.243 e. The molecule has 2 aliphatic heterocycles. The standard InChI is InChI=1S/C23H30N4O2S.ClH/c1-2-19-8-10-21(11-9-19)30(28,29)27-16-12-23(13-17-27)22(24-14-15-26-23)25-18-20-6-4-3-5-7-20;/h3-11,26H,2,12-18H2,1H3,(H,24,25);1H. The third kappa shape index (κ3) is 5.12. The van der Waals surface area contributed by atoms with Crippen molar-refractivity contribution in [1.29, 1.82) is 0 Å². The van der Waals surface area contributed by atoms with Crippen LogP contribution in [0, 0.1) is 0 Å². The highest BCUT2D eigenvalue weighted by atomic mass is 35.5. The van der Waals surface area contributed by atoms with Crippen molar-refractivity contribution in [2.75, 3.05) is 26.2 Å². The minimum absolute atomic E-state index is 0. The maximum atomic E-state index is 13.1. The van der Waals surface area contributed by atoms with Crippen LogP contribution >= 0.6 is 12.4 Å². The fraction of sp³-hybridized carbons (Fsp3) is 0.435. The molecule has 2 heterocycles. The van der Waals surface area contributed by atoms with Gasteiger partial charge in [-0.15, -0.1) is 12.4 Å². The van der Waals surface area contributed by atoms with E-state index in [0.29, 0.717) is 30.8 Å². The monoisotopic (exact) mass is 462 g/mol. The molecular formula is C23H31ClN4O2S. The molecule has 0 amide bonds. The van der Waals surface area contributed by atoms with E-state index in [1.54, 1.807) is 16.4 Å². The zero-order valence-electron chi connectivity index (χ0n) is 17.9. The summed E-state index contributed by atoms with van der Waals surface area (Å²) in [6.45, 7) is 5.31. The first-order chi connectivity index (χ1) is 14.5. The van der Waals surface area contributed by atoms with Gasteiger partial charge in [0.1, 0.15) is 5.84 Å². The molecule has 0 radical (unpaired) electrons. The van der Waals surface area contributed by atoms with E-state index in [9.17, 15) is 8.42 Å². The van der Waals surface area contributed by atoms with Crippen molar-refractivity contribution in [1.82, 2.24) is 14.9 Å². The van der Waals surface area contributed by atoms with Gasteiger partial charge in [-0.05, 0) is 42.5 Å². The molecule has 0 bridgehead atoms. The Balaban J connectivity index is 0.00000272. The van der Waals surface area contributed by atoms with Gasteiger partial charge in [-0.1, -0.05) is 49.4 Å². The van der Waals surface area contributed by atoms with Crippen LogP contribution in [0.2, 0.25) is 0 Å². The van der Waals surface area contributed by atoms with Gasteiger partial charge in [0.05, 0.1) is 17.0 Å². The van der Waals surface area contributed by atoms with Crippen molar-refractivity contribution in [2.45, 2.75) is 43.2 Å². The Morgan fingerprint density at radius 3 is 2.35 bits per heavy atom. The Morgan fingerprint density at radius 1 is 1.03 bits per heavy atom. The molecule has 168 valence electrons. The molecular weight excluding hydrogens is 432 g/mol. The van der Waals surface area contributed by atoms with Crippen molar-refractivity contribution in [3.63, 3.8) is 0 Å². The van der Waals surface area contributed by atoms with E-state index in [2.05, 4.69) is 29.7 Å². The van der Waals surface area contributed by atoms with Gasteiger partial charge in [-0.3, -0.25) is 4.99 Å². The van der Waals surface area contributed by atoms with E-state index in [0.717, 1.165) is 37.5 Å². The average Bonchev–Trinajstić information content (AvgIpc) is 2.79. The first-order valence-electron chi connectivity index (χ1n) is 10.7. The summed E-state index contributed by atoms with van der Waals surface area (Å²) in [4.78, 5) is 5.14. The molecule has 2 N–H and O–H groups in total. The summed E-state index contributed by atoms with van der Waals surface area (Å²) in [5.41, 5.74) is 2.07. The average molecular weight is 463 g/mol. The van der Waals surface area contributed by atoms with Crippen LogP contribution in [0.15, 0.2) is 64.5 Å². The number of halogens is 1. The van der Waals surface area contributed by atoms with E-state index in [1.807, 2.05) is 30.3 Å². The van der Waals surface area contributed by atoms with Crippen LogP contribution in [0.25, 0.3) is 0 Å². The van der Waals surface area contributed by atoms with Crippen LogP contribution in [0.1, 0.15) is 30.9 Å². The molecule has 2 aromatic carbocycles. The van der Waals surface area contributed by atoms with Crippen molar-refractivity contribution in [3.8, 4) is 0 Å². The van der Waals surface area contributed by atoms with E-state index >= 15 is 0 Å². The lowest BCUT2D eigenvalue weighted by Gasteiger charge is -2.44. The van der Waals surface area contributed by atoms with Gasteiger partial charge in [0.25, 0.3) is 0 Å². The Labute approximate surface area is 191 Å². The van der Waals surface area contributed by atoms with Crippen molar-refractivity contribution >= 4 is 28.3 Å². The molecule has 31 heavy (non-hydrogen) atoms. The Bertz CT molecular complexity index is 986. The van der Waals surface area contributed by atoms with Gasteiger partial charge in [0, 0.05) is 26.2 Å². The molecule has 1 fully saturated rings. The maximum absolute atomic E-state index is 13.1. The van der Waals surface area contributed by atoms with Gasteiger partial charge < -0.3 is 10.6 Å². The molecule has 0 aromatic heterocycles. The van der Waals surface area contributed by atoms with E-state index < -0.39 is 10.0 Å². The second-order valence-corrected chi connectivity index (χ2v) is 9.92. The molecule has 2 aliphatic rings. The normalized spacial score (nSPS) is 18.8. The Morgan fingerprint density at radius 2 is 1.71 bits per heavy atom. The predicted molar refractivity (Wildman–Crippen MR) is 127 cm³/mol. The van der Waals surface area contributed by atoms with Gasteiger partial charge in [-0.2, -0.15) is 4.31 Å². The van der Waals surface area contributed by atoms with Crippen LogP contribution in [0.5, 0.6) is 0 Å². The summed E-state index contributed by atoms with van der Waals surface area (Å²) in [5.74, 6) is 0.960. The highest BCUT2D eigenvalue weighted by Crippen LogP contribution is 2.29. The third-order valence-electron chi connectivity index (χ3n) is 6.15. The van der Waals surface area contributed by atoms with Crippen LogP contribution < -0.4 is 10.6 Å². The first-order valence-corrected chi connectivity index (χ1v) is 12.1. The minimum atomic E-state index is -3.47. The van der Waals surface area contributed by atoms with E-state index in [1.165, 1.54) is 5.56 Å². The number of aliphatic imine (C=N–C) groups is 1. The lowest BCUT2D eigenvalue weighted by molar-refractivity contribution is 0.241. The van der Waals surface area contributed by atoms with Crippen molar-refractivity contribution in [2.24, 2.45) is 4.99 Å². The largest absolute Gasteiger partial charge is 0.368 e. The molecule has 0 atom stereocenters. The number of aryl methyl sites for hydroxylation is 1. The van der Waals surface area contributed by atoms with Crippen LogP contribution in [0.4, 0.5) is 0 Å². The lowest BCUT2D eigenvalue weighted by atomic mass is 9.85. The lowest BCUT2D eigenvalue weighted by Crippen LogP contribution is -2.64. The number of nitrogens with zero attached hydrogens (tertiary/aromatic N) is 2. The van der Waals surface area contributed by atoms with Crippen LogP contribution in [-0.2, 0) is 23.0 Å². The molecule has 2 aromatic rings. The quantitative estimate of drug-likeness (QED) is 0.716. The number of sulfonamides is 1. The summed E-state index contributed by atoms with van der Waals surface area (Å²) in [6.07, 6.45) is 2.32. The number of piperidine rings is 1. The number of hydrogen-bond donors (Lipinski definition) is 2. The predicted octanol–water partition coefficient (Wildman–Crippen LogP) is 2.99. The van der Waals surface area contributed by atoms with Gasteiger partial charge >= 0.3 is 0 Å². The number of rotatable bonds is 5. The molecule has 1 saturated heterocycles. The number of amidine groups is 1. The molecule has 0 saturated carbocycles. The highest BCUT2D eigenvalue weighted by Gasteiger charge is 2.43. The second kappa shape index (κ2) is 10.1. The number of benzene rings is 2. The van der Waals surface area contributed by atoms with Gasteiger partial charge in [0.15, 0.2) is 0 Å². The van der Waals surface area contributed by atoms with E-state index in [-0.39, 0.29) is 17.9 Å². The van der Waals surface area contributed by atoms with Gasteiger partial charge in [-0.25, -0.2) is 8.42 Å². The zero-order valence-corrected chi connectivity index (χ0v) is 19.5. The summed E-state index contributed by atoms with van der Waals surface area (Å²) < 4.78 is 27.8. The Hall–Kier alpha value is -1.93. The highest BCUT2D eigenvalue weighted by molar-refractivity contribution is 7.89. The zero-order chi connectivity index (χ0) is 21.0. The first kappa shape index (κ1) is 23.7. The molecule has 0 aliphatic carbocycles. The van der Waals surface area contributed by atoms with Crippen molar-refractivity contribution in [3.05, 3.63) is 65.7 Å². The summed E-state index contributed by atoms with van der Waals surface area (Å²) in [5, 5.41) is 7.15. The molecule has 1 spiro atoms. The fourth-order valence-electron chi connectivity index (χ4n) is 4.27. The molecule has 0 unspecified atom stereocenters. The topological polar surface area (TPSA) is 73.8 Å². The fourth-order valence-corrected chi connectivity index (χ4v) is 5.71. The Kier molecular flexibility index (Phi) is 7.75. The third-order valence-corrected chi connectivity index (χ3v) is 8.06. The second-order valence-electron chi connectivity index (χ2n) is 7.98. The van der Waals surface area contributed by atoms with Crippen LogP contribution in [0.3, 0.4) is 0 Å². The van der Waals surface area contributed by atoms with E-state index in [4.69, 9.17) is 4.99 Å². The summed E-state index contributed by atoms with van der Waals surface area (Å²) >= 11 is 0.